The van der Waals surface area contributed by atoms with E-state index >= 15 is 0 Å². The average molecular weight is 265 g/mol. The molecule has 2 aliphatic rings. The monoisotopic (exact) mass is 265 g/mol. The summed E-state index contributed by atoms with van der Waals surface area (Å²) in [5.74, 6) is 3.05. The van der Waals surface area contributed by atoms with Gasteiger partial charge >= 0.3 is 0 Å². The van der Waals surface area contributed by atoms with Gasteiger partial charge in [0.1, 0.15) is 0 Å². The molecule has 20 heavy (non-hydrogen) atoms. The van der Waals surface area contributed by atoms with Crippen molar-refractivity contribution in [3.8, 4) is 0 Å². The van der Waals surface area contributed by atoms with Crippen LogP contribution in [0.2, 0.25) is 0 Å². The van der Waals surface area contributed by atoms with E-state index in [1.54, 1.807) is 0 Å². The largest absolute Gasteiger partial charge is 0.312 e. The highest BCUT2D eigenvalue weighted by Crippen LogP contribution is 2.48. The van der Waals surface area contributed by atoms with Crippen LogP contribution in [0.4, 0.5) is 0 Å². The van der Waals surface area contributed by atoms with Gasteiger partial charge in [0.15, 0.2) is 0 Å². The molecule has 2 fully saturated rings. The Morgan fingerprint density at radius 2 is 1.60 bits per heavy atom. The van der Waals surface area contributed by atoms with Crippen LogP contribution < -0.4 is 5.32 Å². The van der Waals surface area contributed by atoms with Crippen LogP contribution in [-0.2, 0) is 6.54 Å². The lowest BCUT2D eigenvalue weighted by molar-refractivity contribution is 0.379. The van der Waals surface area contributed by atoms with Gasteiger partial charge in [0.05, 0.1) is 0 Å². The number of nitrogens with one attached hydrogen (secondary N) is 1. The van der Waals surface area contributed by atoms with E-state index in [1.807, 2.05) is 0 Å². The molecule has 0 aromatic heterocycles. The molecule has 1 nitrogen and oxygen atoms in total. The van der Waals surface area contributed by atoms with Crippen molar-refractivity contribution >= 4 is 10.8 Å². The minimum atomic E-state index is 0.963. The van der Waals surface area contributed by atoms with Crippen LogP contribution in [0, 0.1) is 17.8 Å². The molecule has 0 heterocycles. The number of hydrogen-bond acceptors (Lipinski definition) is 1. The third kappa shape index (κ3) is 2.60. The molecule has 2 aliphatic carbocycles. The van der Waals surface area contributed by atoms with Crippen LogP contribution in [0.25, 0.3) is 10.8 Å². The molecule has 2 aromatic carbocycles. The molecule has 0 saturated heterocycles. The van der Waals surface area contributed by atoms with E-state index in [1.165, 1.54) is 48.6 Å². The lowest BCUT2D eigenvalue weighted by Crippen LogP contribution is -2.25. The van der Waals surface area contributed by atoms with Gasteiger partial charge in [0.25, 0.3) is 0 Å². The highest BCUT2D eigenvalue weighted by molar-refractivity contribution is 5.85. The molecule has 0 amide bonds. The molecule has 104 valence electrons. The quantitative estimate of drug-likeness (QED) is 0.818. The van der Waals surface area contributed by atoms with Gasteiger partial charge in [-0.1, -0.05) is 42.5 Å². The number of rotatable bonds is 6. The molecule has 0 aliphatic heterocycles. The van der Waals surface area contributed by atoms with Crippen molar-refractivity contribution in [2.75, 3.05) is 6.54 Å². The zero-order chi connectivity index (χ0) is 13.4. The second-order valence-electron chi connectivity index (χ2n) is 6.61. The molecule has 4 rings (SSSR count). The molecular weight excluding hydrogens is 242 g/mol. The molecular formula is C19H23N. The number of benzene rings is 2. The van der Waals surface area contributed by atoms with Crippen molar-refractivity contribution in [3.05, 3.63) is 48.0 Å². The molecule has 1 heteroatoms. The van der Waals surface area contributed by atoms with Crippen molar-refractivity contribution in [3.63, 3.8) is 0 Å². The topological polar surface area (TPSA) is 12.0 Å². The van der Waals surface area contributed by atoms with Crippen LogP contribution in [0.1, 0.15) is 31.2 Å². The smallest absolute Gasteiger partial charge is 0.0211 e. The van der Waals surface area contributed by atoms with Gasteiger partial charge in [0, 0.05) is 6.54 Å². The van der Waals surface area contributed by atoms with Crippen LogP contribution in [0.5, 0.6) is 0 Å². The van der Waals surface area contributed by atoms with Crippen LogP contribution in [0.15, 0.2) is 42.5 Å². The Balaban J connectivity index is 1.42. The van der Waals surface area contributed by atoms with Crippen molar-refractivity contribution in [1.82, 2.24) is 5.32 Å². The molecule has 0 bridgehead atoms. The molecule has 0 spiro atoms. The SMILES string of the molecule is c1ccc2c(CNCC(C3CC3)C3CC3)cccc2c1. The van der Waals surface area contributed by atoms with Gasteiger partial charge in [-0.05, 0) is 66.3 Å². The van der Waals surface area contributed by atoms with Gasteiger partial charge in [-0.25, -0.2) is 0 Å². The summed E-state index contributed by atoms with van der Waals surface area (Å²) in [6.07, 6.45) is 5.93. The predicted octanol–water partition coefficient (Wildman–Crippen LogP) is 4.37. The minimum absolute atomic E-state index is 0.963. The fourth-order valence-electron chi connectivity index (χ4n) is 3.59. The first-order valence-corrected chi connectivity index (χ1v) is 8.09. The van der Waals surface area contributed by atoms with E-state index in [2.05, 4.69) is 47.8 Å². The highest BCUT2D eigenvalue weighted by atomic mass is 14.9. The zero-order valence-corrected chi connectivity index (χ0v) is 12.0. The molecule has 0 atom stereocenters. The predicted molar refractivity (Wildman–Crippen MR) is 84.6 cm³/mol. The summed E-state index contributed by atoms with van der Waals surface area (Å²) in [6.45, 7) is 2.23. The number of fused-ring (bicyclic) bond motifs is 1. The first-order valence-electron chi connectivity index (χ1n) is 8.09. The Kier molecular flexibility index (Phi) is 3.23. The summed E-state index contributed by atoms with van der Waals surface area (Å²) in [6, 6.07) is 15.4. The average Bonchev–Trinajstić information content (AvgIpc) is 3.38. The first kappa shape index (κ1) is 12.4. The summed E-state index contributed by atoms with van der Waals surface area (Å²) in [5.41, 5.74) is 1.44. The normalized spacial score (nSPS) is 18.9. The van der Waals surface area contributed by atoms with Gasteiger partial charge in [-0.2, -0.15) is 0 Å². The van der Waals surface area contributed by atoms with Gasteiger partial charge in [-0.3, -0.25) is 0 Å². The van der Waals surface area contributed by atoms with E-state index in [0.29, 0.717) is 0 Å². The summed E-state index contributed by atoms with van der Waals surface area (Å²) in [5, 5.41) is 6.49. The van der Waals surface area contributed by atoms with Crippen molar-refractivity contribution < 1.29 is 0 Å². The van der Waals surface area contributed by atoms with E-state index in [0.717, 1.165) is 24.3 Å². The summed E-state index contributed by atoms with van der Waals surface area (Å²) in [7, 11) is 0. The van der Waals surface area contributed by atoms with Gasteiger partial charge in [-0.15, -0.1) is 0 Å². The van der Waals surface area contributed by atoms with Crippen LogP contribution in [-0.4, -0.2) is 6.54 Å². The van der Waals surface area contributed by atoms with Crippen molar-refractivity contribution in [1.29, 1.82) is 0 Å². The molecule has 1 N–H and O–H groups in total. The number of hydrogen-bond donors (Lipinski definition) is 1. The summed E-state index contributed by atoms with van der Waals surface area (Å²) in [4.78, 5) is 0. The third-order valence-electron chi connectivity index (χ3n) is 5.03. The van der Waals surface area contributed by atoms with E-state index in [-0.39, 0.29) is 0 Å². The maximum absolute atomic E-state index is 3.74. The molecule has 0 unspecified atom stereocenters. The first-order chi connectivity index (χ1) is 9.92. The summed E-state index contributed by atoms with van der Waals surface area (Å²) < 4.78 is 0. The van der Waals surface area contributed by atoms with Crippen LogP contribution in [0.3, 0.4) is 0 Å². The third-order valence-corrected chi connectivity index (χ3v) is 5.03. The second-order valence-corrected chi connectivity index (χ2v) is 6.61. The van der Waals surface area contributed by atoms with E-state index in [9.17, 15) is 0 Å². The Hall–Kier alpha value is -1.34. The lowest BCUT2D eigenvalue weighted by Gasteiger charge is -2.16. The Bertz CT molecular complexity index is 578. The molecule has 2 aromatic rings. The molecule has 0 radical (unpaired) electrons. The maximum Gasteiger partial charge on any atom is 0.0211 e. The fourth-order valence-corrected chi connectivity index (χ4v) is 3.59. The van der Waals surface area contributed by atoms with Gasteiger partial charge in [0.2, 0.25) is 0 Å². The van der Waals surface area contributed by atoms with Crippen LogP contribution >= 0.6 is 0 Å². The van der Waals surface area contributed by atoms with Gasteiger partial charge < -0.3 is 5.32 Å². The highest BCUT2D eigenvalue weighted by Gasteiger charge is 2.40. The van der Waals surface area contributed by atoms with Crippen molar-refractivity contribution in [2.45, 2.75) is 32.2 Å². The Morgan fingerprint density at radius 1 is 0.900 bits per heavy atom. The second kappa shape index (κ2) is 5.21. The van der Waals surface area contributed by atoms with Crippen molar-refractivity contribution in [2.24, 2.45) is 17.8 Å². The van der Waals surface area contributed by atoms with E-state index < -0.39 is 0 Å². The Labute approximate surface area is 121 Å². The Morgan fingerprint density at radius 3 is 2.35 bits per heavy atom. The minimum Gasteiger partial charge on any atom is -0.312 e. The lowest BCUT2D eigenvalue weighted by atomic mass is 9.97. The zero-order valence-electron chi connectivity index (χ0n) is 12.0. The summed E-state index contributed by atoms with van der Waals surface area (Å²) >= 11 is 0. The molecule has 2 saturated carbocycles. The fraction of sp³-hybridized carbons (Fsp3) is 0.474. The van der Waals surface area contributed by atoms with E-state index in [4.69, 9.17) is 0 Å². The maximum atomic E-state index is 3.74. The standard InChI is InChI=1S/C19H23N/c1-2-7-18-14(4-1)5-3-6-17(18)12-20-13-19(15-8-9-15)16-10-11-16/h1-7,15-16,19-20H,8-13H2.